The second kappa shape index (κ2) is 4.63. The fraction of sp³-hybridized carbons (Fsp3) is 0.250. The predicted molar refractivity (Wildman–Crippen MR) is 63.5 cm³/mol. The molecule has 0 aliphatic carbocycles. The van der Waals surface area contributed by atoms with Crippen LogP contribution in [0.3, 0.4) is 0 Å². The molecule has 0 spiro atoms. The molecule has 0 saturated heterocycles. The van der Waals surface area contributed by atoms with E-state index >= 15 is 0 Å². The lowest BCUT2D eigenvalue weighted by Gasteiger charge is -2.10. The Bertz CT molecular complexity index is 555. The summed E-state index contributed by atoms with van der Waals surface area (Å²) in [6.45, 7) is 1.99. The smallest absolute Gasteiger partial charge is 0.149 e. The van der Waals surface area contributed by atoms with Gasteiger partial charge in [-0.3, -0.25) is 0 Å². The normalized spacial score (nSPS) is 10.8. The molecule has 0 aliphatic rings. The molecule has 1 aromatic heterocycles. The molecule has 90 valence electrons. The molecule has 3 N–H and O–H groups in total. The lowest BCUT2D eigenvalue weighted by molar-refractivity contribution is 0.615. The Kier molecular flexibility index (Phi) is 3.19. The van der Waals surface area contributed by atoms with Crippen LogP contribution in [0.4, 0.5) is 14.6 Å². The molecular weight excluding hydrogens is 224 g/mol. The van der Waals surface area contributed by atoms with Crippen molar-refractivity contribution in [1.29, 1.82) is 0 Å². The van der Waals surface area contributed by atoms with E-state index in [1.807, 2.05) is 6.92 Å². The number of rotatable bonds is 3. The SMILES string of the molecule is CCCc1cc2c(F)ccc(F)c2nc1NN. The Morgan fingerprint density at radius 2 is 2.00 bits per heavy atom. The van der Waals surface area contributed by atoms with Gasteiger partial charge in [0.05, 0.1) is 0 Å². The summed E-state index contributed by atoms with van der Waals surface area (Å²) in [4.78, 5) is 4.02. The zero-order chi connectivity index (χ0) is 12.4. The van der Waals surface area contributed by atoms with E-state index in [4.69, 9.17) is 5.84 Å². The number of anilines is 1. The lowest BCUT2D eigenvalue weighted by Crippen LogP contribution is -2.11. The summed E-state index contributed by atoms with van der Waals surface area (Å²) in [6.07, 6.45) is 1.58. The van der Waals surface area contributed by atoms with Crippen molar-refractivity contribution >= 4 is 16.7 Å². The van der Waals surface area contributed by atoms with Crippen LogP contribution in [-0.2, 0) is 6.42 Å². The van der Waals surface area contributed by atoms with Gasteiger partial charge < -0.3 is 5.43 Å². The molecule has 3 nitrogen and oxygen atoms in total. The number of nitrogens with one attached hydrogen (secondary N) is 1. The second-order valence-corrected chi connectivity index (χ2v) is 3.82. The van der Waals surface area contributed by atoms with Crippen molar-refractivity contribution in [3.63, 3.8) is 0 Å². The maximum Gasteiger partial charge on any atom is 0.149 e. The quantitative estimate of drug-likeness (QED) is 0.637. The zero-order valence-electron chi connectivity index (χ0n) is 9.43. The third-order valence-electron chi connectivity index (χ3n) is 2.62. The molecule has 0 atom stereocenters. The standard InChI is InChI=1S/C12H13F2N3/c1-2-3-7-6-8-9(13)4-5-10(14)11(8)16-12(7)17-15/h4-6H,2-3,15H2,1H3,(H,16,17). The van der Waals surface area contributed by atoms with Crippen molar-refractivity contribution in [1.82, 2.24) is 4.98 Å². The maximum atomic E-state index is 13.6. The van der Waals surface area contributed by atoms with Crippen LogP contribution in [0.1, 0.15) is 18.9 Å². The molecule has 0 unspecified atom stereocenters. The second-order valence-electron chi connectivity index (χ2n) is 3.82. The van der Waals surface area contributed by atoms with Gasteiger partial charge in [-0.15, -0.1) is 0 Å². The summed E-state index contributed by atoms with van der Waals surface area (Å²) in [5.74, 6) is 4.69. The molecule has 2 rings (SSSR count). The number of halogens is 2. The summed E-state index contributed by atoms with van der Waals surface area (Å²) in [5.41, 5.74) is 3.20. The first kappa shape index (κ1) is 11.7. The third-order valence-corrected chi connectivity index (χ3v) is 2.62. The number of nitrogen functional groups attached to an aromatic ring is 1. The van der Waals surface area contributed by atoms with Crippen LogP contribution in [0, 0.1) is 11.6 Å². The Balaban J connectivity index is 2.73. The molecule has 2 aromatic rings. The first-order valence-electron chi connectivity index (χ1n) is 5.41. The number of hydrazine groups is 1. The topological polar surface area (TPSA) is 50.9 Å². The monoisotopic (exact) mass is 237 g/mol. The van der Waals surface area contributed by atoms with E-state index in [0.717, 1.165) is 24.1 Å². The van der Waals surface area contributed by atoms with Crippen LogP contribution < -0.4 is 11.3 Å². The number of hydrogen-bond acceptors (Lipinski definition) is 3. The molecule has 5 heteroatoms. The molecule has 0 radical (unpaired) electrons. The number of pyridine rings is 1. The highest BCUT2D eigenvalue weighted by atomic mass is 19.1. The number of nitrogens with two attached hydrogens (primary N) is 1. The zero-order valence-corrected chi connectivity index (χ0v) is 9.43. The summed E-state index contributed by atoms with van der Waals surface area (Å²) in [5, 5.41) is 0.187. The van der Waals surface area contributed by atoms with E-state index in [9.17, 15) is 8.78 Å². The van der Waals surface area contributed by atoms with E-state index in [1.165, 1.54) is 0 Å². The minimum atomic E-state index is -0.555. The molecule has 17 heavy (non-hydrogen) atoms. The highest BCUT2D eigenvalue weighted by Crippen LogP contribution is 2.25. The highest BCUT2D eigenvalue weighted by Gasteiger charge is 2.11. The van der Waals surface area contributed by atoms with Gasteiger partial charge in [0.15, 0.2) is 0 Å². The van der Waals surface area contributed by atoms with Gasteiger partial charge in [0.2, 0.25) is 0 Å². The number of benzene rings is 1. The van der Waals surface area contributed by atoms with Crippen LogP contribution in [0.25, 0.3) is 10.9 Å². The fourth-order valence-corrected chi connectivity index (χ4v) is 1.82. The van der Waals surface area contributed by atoms with Crippen molar-refractivity contribution < 1.29 is 8.78 Å². The van der Waals surface area contributed by atoms with E-state index in [1.54, 1.807) is 6.07 Å². The van der Waals surface area contributed by atoms with Gasteiger partial charge in [-0.05, 0) is 30.2 Å². The Hall–Kier alpha value is -1.75. The summed E-state index contributed by atoms with van der Waals surface area (Å²) < 4.78 is 27.1. The van der Waals surface area contributed by atoms with Gasteiger partial charge in [0, 0.05) is 5.39 Å². The van der Waals surface area contributed by atoms with E-state index < -0.39 is 11.6 Å². The van der Waals surface area contributed by atoms with Gasteiger partial charge in [0.1, 0.15) is 23.0 Å². The number of aromatic nitrogens is 1. The van der Waals surface area contributed by atoms with Crippen molar-refractivity contribution in [2.45, 2.75) is 19.8 Å². The summed E-state index contributed by atoms with van der Waals surface area (Å²) in [7, 11) is 0. The fourth-order valence-electron chi connectivity index (χ4n) is 1.82. The Morgan fingerprint density at radius 1 is 1.29 bits per heavy atom. The van der Waals surface area contributed by atoms with Crippen molar-refractivity contribution in [2.75, 3.05) is 5.43 Å². The largest absolute Gasteiger partial charge is 0.308 e. The average Bonchev–Trinajstić information content (AvgIpc) is 2.34. The van der Waals surface area contributed by atoms with Crippen molar-refractivity contribution in [2.24, 2.45) is 5.84 Å². The van der Waals surface area contributed by atoms with Crippen LogP contribution in [0.5, 0.6) is 0 Å². The van der Waals surface area contributed by atoms with E-state index in [0.29, 0.717) is 12.2 Å². The van der Waals surface area contributed by atoms with E-state index in [2.05, 4.69) is 10.4 Å². The average molecular weight is 237 g/mol. The Labute approximate surface area is 97.6 Å². The van der Waals surface area contributed by atoms with Crippen LogP contribution >= 0.6 is 0 Å². The van der Waals surface area contributed by atoms with Crippen LogP contribution in [-0.4, -0.2) is 4.98 Å². The van der Waals surface area contributed by atoms with E-state index in [-0.39, 0.29) is 10.9 Å². The molecule has 0 bridgehead atoms. The lowest BCUT2D eigenvalue weighted by atomic mass is 10.1. The summed E-state index contributed by atoms with van der Waals surface area (Å²) in [6, 6.07) is 3.76. The van der Waals surface area contributed by atoms with Crippen LogP contribution in [0.15, 0.2) is 18.2 Å². The number of nitrogens with zero attached hydrogens (tertiary/aromatic N) is 1. The predicted octanol–water partition coefficient (Wildman–Crippen LogP) is 2.75. The molecule has 1 aromatic carbocycles. The first-order chi connectivity index (χ1) is 8.17. The van der Waals surface area contributed by atoms with Gasteiger partial charge in [-0.2, -0.15) is 0 Å². The number of aryl methyl sites for hydroxylation is 1. The Morgan fingerprint density at radius 3 is 2.65 bits per heavy atom. The molecular formula is C12H13F2N3. The molecule has 0 fully saturated rings. The summed E-state index contributed by atoms with van der Waals surface area (Å²) >= 11 is 0. The molecule has 1 heterocycles. The van der Waals surface area contributed by atoms with Crippen molar-refractivity contribution in [3.8, 4) is 0 Å². The minimum absolute atomic E-state index is 0.00203. The van der Waals surface area contributed by atoms with Gasteiger partial charge in [-0.25, -0.2) is 19.6 Å². The van der Waals surface area contributed by atoms with Gasteiger partial charge >= 0.3 is 0 Å². The highest BCUT2D eigenvalue weighted by molar-refractivity contribution is 5.82. The van der Waals surface area contributed by atoms with Gasteiger partial charge in [0.25, 0.3) is 0 Å². The first-order valence-corrected chi connectivity index (χ1v) is 5.41. The third kappa shape index (κ3) is 2.06. The molecule has 0 aliphatic heterocycles. The number of fused-ring (bicyclic) bond motifs is 1. The number of hydrogen-bond donors (Lipinski definition) is 2. The minimum Gasteiger partial charge on any atom is -0.308 e. The van der Waals surface area contributed by atoms with Crippen molar-refractivity contribution in [3.05, 3.63) is 35.4 Å². The molecule has 0 amide bonds. The maximum absolute atomic E-state index is 13.6. The van der Waals surface area contributed by atoms with Gasteiger partial charge in [-0.1, -0.05) is 13.3 Å². The van der Waals surface area contributed by atoms with Crippen LogP contribution in [0.2, 0.25) is 0 Å². The molecule has 0 saturated carbocycles.